The molecule has 8 rings (SSSR count). The molecule has 0 radical (unpaired) electrons. The van der Waals surface area contributed by atoms with E-state index in [1.165, 1.54) is 47.3 Å². The number of benzene rings is 4. The summed E-state index contributed by atoms with van der Waals surface area (Å²) in [6, 6.07) is 11.1. The Kier molecular flexibility index (Phi) is 13.4. The van der Waals surface area contributed by atoms with Crippen molar-refractivity contribution in [2.24, 2.45) is 13.0 Å². The first kappa shape index (κ1) is 49.9. The summed E-state index contributed by atoms with van der Waals surface area (Å²) in [6.45, 7) is 0. The smallest absolute Gasteiger partial charge is 0.348 e. The van der Waals surface area contributed by atoms with Crippen LogP contribution in [0.3, 0.4) is 0 Å². The van der Waals surface area contributed by atoms with Crippen LogP contribution in [0.4, 0.5) is 80.6 Å². The molecule has 0 saturated heterocycles. The Labute approximate surface area is 399 Å². The number of nitrogens with one attached hydrogen (secondary N) is 6. The van der Waals surface area contributed by atoms with Gasteiger partial charge in [-0.3, -0.25) is 14.3 Å². The highest BCUT2D eigenvalue weighted by Gasteiger charge is 2.48. The zero-order chi connectivity index (χ0) is 51.2. The molecule has 372 valence electrons. The van der Waals surface area contributed by atoms with Gasteiger partial charge < -0.3 is 31.9 Å². The molecule has 0 aliphatic heterocycles. The SMILES string of the molecule is Cn1nc(CC2CC2NC(=O)C(F)(F)c2ccc(-c3ccsc3)c(NC(=O)Nc3ccc(F)c(C(F)(F)F)c3)c2)cc1-c1ccc(C(F)(F)C(=O)NC2CC2)cc1NC(=O)Nc1cccc(C(F)(F)F)c1. The normalized spacial score (nSPS) is 15.9. The van der Waals surface area contributed by atoms with Gasteiger partial charge in [-0.05, 0) is 109 Å². The van der Waals surface area contributed by atoms with Crippen LogP contribution in [-0.2, 0) is 47.3 Å². The predicted molar refractivity (Wildman–Crippen MR) is 239 cm³/mol. The van der Waals surface area contributed by atoms with Crippen LogP contribution >= 0.6 is 11.3 Å². The van der Waals surface area contributed by atoms with Crippen molar-refractivity contribution in [1.82, 2.24) is 20.4 Å². The average molecular weight is 1020 g/mol. The third-order valence-corrected chi connectivity index (χ3v) is 12.2. The lowest BCUT2D eigenvalue weighted by atomic mass is 10.00. The van der Waals surface area contributed by atoms with E-state index in [1.54, 1.807) is 16.8 Å². The van der Waals surface area contributed by atoms with E-state index in [0.29, 0.717) is 42.3 Å². The standard InChI is InChI=1S/C47H37F11N8O4S/c1-66-39(33-11-6-26(44(49,50)40(67)59-28-7-8-28)19-38(33)64-42(69)60-29-4-2-3-27(17-29)46(53,54)55)21-31(65-66)15-24-16-36(24)62-41(68)45(51,52)25-5-10-32(23-13-14-71-22-23)37(18-25)63-43(70)61-30-9-12-35(48)34(20-30)47(56,57)58/h2-6,9-14,17-22,24,28,36H,7-8,15-16H2,1H3,(H,59,67)(H,62,68)(H2,60,64,69)(H2,61,63,70). The molecule has 4 aromatic carbocycles. The van der Waals surface area contributed by atoms with Crippen molar-refractivity contribution in [3.8, 4) is 22.4 Å². The number of halogens is 11. The molecular formula is C47H37F11N8O4S. The molecule has 2 unspecified atom stereocenters. The second kappa shape index (κ2) is 19.0. The Bertz CT molecular complexity index is 3030. The van der Waals surface area contributed by atoms with Gasteiger partial charge in [0.2, 0.25) is 0 Å². The van der Waals surface area contributed by atoms with Gasteiger partial charge in [-0.15, -0.1) is 0 Å². The van der Waals surface area contributed by atoms with Gasteiger partial charge in [0.1, 0.15) is 5.82 Å². The van der Waals surface area contributed by atoms with Gasteiger partial charge in [0.05, 0.1) is 33.9 Å². The van der Waals surface area contributed by atoms with E-state index >= 15 is 17.6 Å². The maximum atomic E-state index is 15.9. The van der Waals surface area contributed by atoms with Crippen LogP contribution in [0.2, 0.25) is 0 Å². The van der Waals surface area contributed by atoms with Crippen molar-refractivity contribution in [2.75, 3.05) is 21.3 Å². The number of hydrogen-bond acceptors (Lipinski definition) is 6. The van der Waals surface area contributed by atoms with Gasteiger partial charge in [0.25, 0.3) is 11.8 Å². The number of amides is 6. The number of hydrogen-bond donors (Lipinski definition) is 6. The monoisotopic (exact) mass is 1020 g/mol. The minimum atomic E-state index is -5.08. The first-order valence-corrected chi connectivity index (χ1v) is 22.2. The number of nitrogens with zero attached hydrogens (tertiary/aromatic N) is 2. The quantitative estimate of drug-likeness (QED) is 0.0599. The molecule has 0 spiro atoms. The second-order valence-electron chi connectivity index (χ2n) is 16.8. The Morgan fingerprint density at radius 1 is 0.662 bits per heavy atom. The maximum absolute atomic E-state index is 15.9. The first-order valence-electron chi connectivity index (χ1n) is 21.3. The Balaban J connectivity index is 0.967. The topological polar surface area (TPSA) is 158 Å². The van der Waals surface area contributed by atoms with Crippen molar-refractivity contribution in [3.05, 3.63) is 136 Å². The fourth-order valence-corrected chi connectivity index (χ4v) is 8.22. The Morgan fingerprint density at radius 2 is 1.27 bits per heavy atom. The number of aromatic nitrogens is 2. The molecule has 2 fully saturated rings. The number of thiophene rings is 1. The number of rotatable bonds is 14. The lowest BCUT2D eigenvalue weighted by molar-refractivity contribution is -0.147. The Morgan fingerprint density at radius 3 is 1.86 bits per heavy atom. The first-order chi connectivity index (χ1) is 33.4. The van der Waals surface area contributed by atoms with Gasteiger partial charge >= 0.3 is 36.3 Å². The van der Waals surface area contributed by atoms with Crippen LogP contribution in [0, 0.1) is 11.7 Å². The fraction of sp³-hybridized carbons (Fsp3) is 0.255. The van der Waals surface area contributed by atoms with Crippen molar-refractivity contribution >= 4 is 58.0 Å². The number of aryl methyl sites for hydroxylation is 1. The van der Waals surface area contributed by atoms with E-state index in [0.717, 1.165) is 42.5 Å². The van der Waals surface area contributed by atoms with Crippen LogP contribution in [0.15, 0.2) is 102 Å². The van der Waals surface area contributed by atoms with Crippen molar-refractivity contribution < 1.29 is 67.5 Å². The van der Waals surface area contributed by atoms with Gasteiger partial charge in [0.15, 0.2) is 0 Å². The molecule has 24 heteroatoms. The maximum Gasteiger partial charge on any atom is 0.419 e. The summed E-state index contributed by atoms with van der Waals surface area (Å²) < 4.78 is 158. The molecule has 6 N–H and O–H groups in total. The summed E-state index contributed by atoms with van der Waals surface area (Å²) in [6.07, 6.45) is -8.44. The highest BCUT2D eigenvalue weighted by molar-refractivity contribution is 7.08. The third kappa shape index (κ3) is 11.4. The molecule has 6 amide bonds. The van der Waals surface area contributed by atoms with E-state index < -0.39 is 99.8 Å². The van der Waals surface area contributed by atoms with E-state index in [9.17, 15) is 49.9 Å². The van der Waals surface area contributed by atoms with Gasteiger partial charge in [-0.25, -0.2) is 14.0 Å². The molecule has 2 aliphatic rings. The number of urea groups is 2. The van der Waals surface area contributed by atoms with Crippen molar-refractivity contribution in [2.45, 2.75) is 62.0 Å². The Hall–Kier alpha value is -7.50. The second-order valence-corrected chi connectivity index (χ2v) is 17.6. The van der Waals surface area contributed by atoms with Crippen LogP contribution in [0.5, 0.6) is 0 Å². The summed E-state index contributed by atoms with van der Waals surface area (Å²) in [5, 5.41) is 21.4. The van der Waals surface area contributed by atoms with Crippen LogP contribution < -0.4 is 31.9 Å². The molecule has 0 bridgehead atoms. The van der Waals surface area contributed by atoms with Crippen LogP contribution in [0.1, 0.15) is 47.2 Å². The highest BCUT2D eigenvalue weighted by atomic mass is 32.1. The molecular weight excluding hydrogens is 982 g/mol. The van der Waals surface area contributed by atoms with Gasteiger partial charge in [0, 0.05) is 52.8 Å². The number of carbonyl (C=O) groups is 4. The average Bonchev–Trinajstić information content (AvgIpc) is 4.15. The van der Waals surface area contributed by atoms with Crippen molar-refractivity contribution in [3.63, 3.8) is 0 Å². The van der Waals surface area contributed by atoms with Crippen LogP contribution in [0.25, 0.3) is 22.4 Å². The van der Waals surface area contributed by atoms with E-state index in [-0.39, 0.29) is 46.7 Å². The van der Waals surface area contributed by atoms with Crippen LogP contribution in [-0.4, -0.2) is 45.7 Å². The molecule has 2 heterocycles. The zero-order valence-corrected chi connectivity index (χ0v) is 37.3. The zero-order valence-electron chi connectivity index (χ0n) is 36.5. The van der Waals surface area contributed by atoms with Crippen molar-refractivity contribution in [1.29, 1.82) is 0 Å². The van der Waals surface area contributed by atoms with Gasteiger partial charge in [-0.1, -0.05) is 30.3 Å². The summed E-state index contributed by atoms with van der Waals surface area (Å²) in [5.41, 5.74) is -4.26. The van der Waals surface area contributed by atoms with E-state index in [4.69, 9.17) is 0 Å². The summed E-state index contributed by atoms with van der Waals surface area (Å²) >= 11 is 1.24. The summed E-state index contributed by atoms with van der Waals surface area (Å²) in [4.78, 5) is 51.9. The lowest BCUT2D eigenvalue weighted by Gasteiger charge is -2.19. The molecule has 6 aromatic rings. The molecule has 2 atom stereocenters. The minimum absolute atomic E-state index is 0.0929. The number of carbonyl (C=O) groups excluding carboxylic acids is 4. The number of alkyl halides is 10. The van der Waals surface area contributed by atoms with E-state index in [2.05, 4.69) is 37.0 Å². The molecule has 2 aliphatic carbocycles. The van der Waals surface area contributed by atoms with Gasteiger partial charge in [-0.2, -0.15) is 60.3 Å². The molecule has 71 heavy (non-hydrogen) atoms. The number of anilines is 4. The summed E-state index contributed by atoms with van der Waals surface area (Å²) in [5.74, 6) is -13.5. The summed E-state index contributed by atoms with van der Waals surface area (Å²) in [7, 11) is 1.48. The van der Waals surface area contributed by atoms with E-state index in [1.807, 2.05) is 0 Å². The molecule has 2 saturated carbocycles. The predicted octanol–water partition coefficient (Wildman–Crippen LogP) is 11.5. The third-order valence-electron chi connectivity index (χ3n) is 11.5. The highest BCUT2D eigenvalue weighted by Crippen LogP contribution is 2.42. The lowest BCUT2D eigenvalue weighted by Crippen LogP contribution is -2.40. The fourth-order valence-electron chi connectivity index (χ4n) is 7.56. The minimum Gasteiger partial charge on any atom is -0.348 e. The largest absolute Gasteiger partial charge is 0.419 e. The molecule has 2 aromatic heterocycles. The molecule has 12 nitrogen and oxygen atoms in total.